The lowest BCUT2D eigenvalue weighted by atomic mass is 10.0. The first-order valence-electron chi connectivity index (χ1n) is 8.64. The highest BCUT2D eigenvalue weighted by Crippen LogP contribution is 2.39. The Labute approximate surface area is 158 Å². The molecule has 0 radical (unpaired) electrons. The average molecular weight is 403 g/mol. The van der Waals surface area contributed by atoms with Gasteiger partial charge >= 0.3 is 11.9 Å². The van der Waals surface area contributed by atoms with Gasteiger partial charge in [-0.3, -0.25) is 14.5 Å². The zero-order chi connectivity index (χ0) is 20.6. The Bertz CT molecular complexity index is 777. The van der Waals surface area contributed by atoms with Gasteiger partial charge in [0.2, 0.25) is 0 Å². The molecule has 0 aliphatic carbocycles. The van der Waals surface area contributed by atoms with E-state index in [-0.39, 0.29) is 17.9 Å². The monoisotopic (exact) mass is 403 g/mol. The van der Waals surface area contributed by atoms with Crippen molar-refractivity contribution in [1.82, 2.24) is 4.90 Å². The highest BCUT2D eigenvalue weighted by molar-refractivity contribution is 7.92. The van der Waals surface area contributed by atoms with Crippen LogP contribution in [0.2, 0.25) is 0 Å². The molecule has 2 heterocycles. The third-order valence-corrected chi connectivity index (χ3v) is 5.80. The van der Waals surface area contributed by atoms with Crippen LogP contribution in [-0.2, 0) is 38.4 Å². The molecule has 1 amide bonds. The first-order chi connectivity index (χ1) is 12.4. The van der Waals surface area contributed by atoms with Gasteiger partial charge in [-0.1, -0.05) is 6.92 Å². The summed E-state index contributed by atoms with van der Waals surface area (Å²) < 4.78 is 40.9. The number of carbonyl (C=O) groups is 3. The van der Waals surface area contributed by atoms with Crippen LogP contribution < -0.4 is 0 Å². The molecule has 2 atom stereocenters. The fraction of sp³-hybridized carbons (Fsp3) is 0.706. The van der Waals surface area contributed by atoms with Crippen molar-refractivity contribution in [2.45, 2.75) is 58.1 Å². The molecule has 1 saturated heterocycles. The lowest BCUT2D eigenvalue weighted by molar-refractivity contribution is -0.169. The number of esters is 2. The highest BCUT2D eigenvalue weighted by atomic mass is 32.2. The number of hydrogen-bond donors (Lipinski definition) is 0. The van der Waals surface area contributed by atoms with Crippen molar-refractivity contribution in [3.8, 4) is 0 Å². The standard InChI is InChI=1S/C17H25NO8S/c1-6-7-24-13-14(20)18-12(16(21)26-17(3,4)5)11(8-25-10(2)19)9-27(22,23)15(13)18/h13,15H,6-9H2,1-5H3/t13-,15+/m0/s1. The van der Waals surface area contributed by atoms with Gasteiger partial charge in [0.1, 0.15) is 17.9 Å². The molecule has 9 nitrogen and oxygen atoms in total. The second-order valence-corrected chi connectivity index (χ2v) is 9.53. The Kier molecular flexibility index (Phi) is 6.00. The van der Waals surface area contributed by atoms with Crippen LogP contribution in [0.15, 0.2) is 11.3 Å². The number of nitrogens with zero attached hydrogens (tertiary/aromatic N) is 1. The van der Waals surface area contributed by atoms with Gasteiger partial charge in [-0.25, -0.2) is 13.2 Å². The zero-order valence-corrected chi connectivity index (χ0v) is 16.9. The second-order valence-electron chi connectivity index (χ2n) is 7.43. The predicted molar refractivity (Wildman–Crippen MR) is 94.0 cm³/mol. The Balaban J connectivity index is 2.45. The van der Waals surface area contributed by atoms with Crippen LogP contribution in [-0.4, -0.2) is 67.2 Å². The molecule has 0 spiro atoms. The topological polar surface area (TPSA) is 116 Å². The number of fused-ring (bicyclic) bond motifs is 1. The molecule has 0 aromatic heterocycles. The van der Waals surface area contributed by atoms with Gasteiger partial charge < -0.3 is 14.2 Å². The van der Waals surface area contributed by atoms with Crippen LogP contribution in [0.25, 0.3) is 0 Å². The van der Waals surface area contributed by atoms with Crippen LogP contribution in [0.1, 0.15) is 41.0 Å². The van der Waals surface area contributed by atoms with E-state index >= 15 is 0 Å². The lowest BCUT2D eigenvalue weighted by Gasteiger charge is -2.49. The van der Waals surface area contributed by atoms with E-state index in [9.17, 15) is 22.8 Å². The SMILES string of the molecule is CCCO[C@H]1C(=O)N2C(C(=O)OC(C)(C)C)=C(COC(C)=O)CS(=O)(=O)[C@H]12. The fourth-order valence-electron chi connectivity index (χ4n) is 2.86. The average Bonchev–Trinajstić information content (AvgIpc) is 2.50. The van der Waals surface area contributed by atoms with Crippen molar-refractivity contribution < 1.29 is 37.0 Å². The summed E-state index contributed by atoms with van der Waals surface area (Å²) in [5.41, 5.74) is -1.03. The molecule has 0 N–H and O–H groups in total. The molecule has 0 unspecified atom stereocenters. The van der Waals surface area contributed by atoms with E-state index in [2.05, 4.69) is 0 Å². The van der Waals surface area contributed by atoms with Crippen LogP contribution in [0, 0.1) is 0 Å². The molecule has 2 rings (SSSR count). The highest BCUT2D eigenvalue weighted by Gasteiger charge is 2.61. The van der Waals surface area contributed by atoms with E-state index in [0.29, 0.717) is 6.42 Å². The molecule has 27 heavy (non-hydrogen) atoms. The quantitative estimate of drug-likeness (QED) is 0.466. The van der Waals surface area contributed by atoms with Crippen molar-refractivity contribution in [3.05, 3.63) is 11.3 Å². The van der Waals surface area contributed by atoms with E-state index < -0.39 is 57.1 Å². The van der Waals surface area contributed by atoms with E-state index in [1.54, 1.807) is 20.8 Å². The van der Waals surface area contributed by atoms with E-state index in [1.807, 2.05) is 6.92 Å². The second kappa shape index (κ2) is 7.59. The molecular weight excluding hydrogens is 378 g/mol. The van der Waals surface area contributed by atoms with E-state index in [0.717, 1.165) is 11.8 Å². The van der Waals surface area contributed by atoms with Crippen molar-refractivity contribution in [1.29, 1.82) is 0 Å². The summed E-state index contributed by atoms with van der Waals surface area (Å²) in [5, 5.41) is -1.28. The number of β-lactam (4-membered cyclic amide) rings is 1. The van der Waals surface area contributed by atoms with Gasteiger partial charge in [-0.2, -0.15) is 0 Å². The van der Waals surface area contributed by atoms with Crippen LogP contribution in [0.4, 0.5) is 0 Å². The van der Waals surface area contributed by atoms with Gasteiger partial charge in [-0.15, -0.1) is 0 Å². The van der Waals surface area contributed by atoms with E-state index in [1.165, 1.54) is 0 Å². The molecule has 0 saturated carbocycles. The van der Waals surface area contributed by atoms with Crippen molar-refractivity contribution in [2.75, 3.05) is 19.0 Å². The molecule has 2 aliphatic rings. The summed E-state index contributed by atoms with van der Waals surface area (Å²) >= 11 is 0. The molecule has 0 aromatic carbocycles. The zero-order valence-electron chi connectivity index (χ0n) is 16.1. The minimum atomic E-state index is -3.82. The maximum absolute atomic E-state index is 12.7. The number of carbonyl (C=O) groups excluding carboxylic acids is 3. The molecule has 1 fully saturated rings. The molecule has 152 valence electrons. The molecule has 0 bridgehead atoms. The summed E-state index contributed by atoms with van der Waals surface area (Å²) in [5.74, 6) is -2.62. The predicted octanol–water partition coefficient (Wildman–Crippen LogP) is 0.537. The van der Waals surface area contributed by atoms with Crippen LogP contribution >= 0.6 is 0 Å². The largest absolute Gasteiger partial charge is 0.461 e. The van der Waals surface area contributed by atoms with E-state index in [4.69, 9.17) is 14.2 Å². The number of sulfone groups is 1. The Morgan fingerprint density at radius 3 is 2.41 bits per heavy atom. The van der Waals surface area contributed by atoms with Gasteiger partial charge in [0, 0.05) is 19.1 Å². The maximum Gasteiger partial charge on any atom is 0.355 e. The number of ether oxygens (including phenoxy) is 3. The molecule has 0 aromatic rings. The number of rotatable bonds is 6. The molecule has 10 heteroatoms. The van der Waals surface area contributed by atoms with Gasteiger partial charge in [0.25, 0.3) is 5.91 Å². The first kappa shape index (κ1) is 21.4. The fourth-order valence-corrected chi connectivity index (χ4v) is 4.84. The summed E-state index contributed by atoms with van der Waals surface area (Å²) in [7, 11) is -3.82. The van der Waals surface area contributed by atoms with Gasteiger partial charge in [0.05, 0.1) is 5.75 Å². The number of hydrogen-bond acceptors (Lipinski definition) is 8. The third-order valence-electron chi connectivity index (χ3n) is 3.86. The Morgan fingerprint density at radius 1 is 1.26 bits per heavy atom. The van der Waals surface area contributed by atoms with Crippen LogP contribution in [0.3, 0.4) is 0 Å². The van der Waals surface area contributed by atoms with Crippen molar-refractivity contribution >= 4 is 27.7 Å². The minimum Gasteiger partial charge on any atom is -0.461 e. The van der Waals surface area contributed by atoms with Crippen LogP contribution in [0.5, 0.6) is 0 Å². The smallest absolute Gasteiger partial charge is 0.355 e. The van der Waals surface area contributed by atoms with Crippen molar-refractivity contribution in [3.63, 3.8) is 0 Å². The lowest BCUT2D eigenvalue weighted by Crippen LogP contribution is -2.71. The summed E-state index contributed by atoms with van der Waals surface area (Å²) in [6.07, 6.45) is -0.536. The third kappa shape index (κ3) is 4.49. The van der Waals surface area contributed by atoms with Gasteiger partial charge in [0.15, 0.2) is 21.3 Å². The molecular formula is C17H25NO8S. The first-order valence-corrected chi connectivity index (χ1v) is 10.4. The van der Waals surface area contributed by atoms with Crippen molar-refractivity contribution in [2.24, 2.45) is 0 Å². The maximum atomic E-state index is 12.7. The Morgan fingerprint density at radius 2 is 1.89 bits per heavy atom. The summed E-state index contributed by atoms with van der Waals surface area (Å²) in [6.45, 7) is 7.76. The Hall–Kier alpha value is -1.94. The normalized spacial score (nSPS) is 24.2. The van der Waals surface area contributed by atoms with Gasteiger partial charge in [-0.05, 0) is 27.2 Å². The summed E-state index contributed by atoms with van der Waals surface area (Å²) in [4.78, 5) is 37.3. The number of amides is 1. The minimum absolute atomic E-state index is 0.0120. The summed E-state index contributed by atoms with van der Waals surface area (Å²) in [6, 6.07) is 0. The molecule has 2 aliphatic heterocycles.